The quantitative estimate of drug-likeness (QED) is 0.811. The first kappa shape index (κ1) is 14.0. The fraction of sp³-hybridized carbons (Fsp3) is 0.600. The summed E-state index contributed by atoms with van der Waals surface area (Å²) in [6.45, 7) is 7.74. The Hall–Kier alpha value is -1.02. The number of nitrogens with zero attached hydrogens (tertiary/aromatic N) is 1. The van der Waals surface area contributed by atoms with Crippen molar-refractivity contribution in [1.29, 1.82) is 0 Å². The highest BCUT2D eigenvalue weighted by atomic mass is 15.1. The topological polar surface area (TPSA) is 15.3 Å². The molecule has 2 heteroatoms. The van der Waals surface area contributed by atoms with Gasteiger partial charge in [-0.05, 0) is 36.6 Å². The van der Waals surface area contributed by atoms with Gasteiger partial charge in [0.15, 0.2) is 0 Å². The van der Waals surface area contributed by atoms with Gasteiger partial charge in [0, 0.05) is 25.8 Å². The van der Waals surface area contributed by atoms with Crippen molar-refractivity contribution < 1.29 is 0 Å². The van der Waals surface area contributed by atoms with E-state index < -0.39 is 0 Å². The Morgan fingerprint density at radius 3 is 2.47 bits per heavy atom. The van der Waals surface area contributed by atoms with E-state index in [2.05, 4.69) is 69.3 Å². The number of nitrogens with one attached hydrogen (secondary N) is 1. The second-order valence-corrected chi connectivity index (χ2v) is 5.23. The second-order valence-electron chi connectivity index (χ2n) is 5.23. The van der Waals surface area contributed by atoms with Gasteiger partial charge in [-0.15, -0.1) is 0 Å². The van der Waals surface area contributed by atoms with Crippen LogP contribution in [0.4, 0.5) is 5.69 Å². The highest BCUT2D eigenvalue weighted by Crippen LogP contribution is 2.24. The molecule has 0 aliphatic heterocycles. The first-order valence-corrected chi connectivity index (χ1v) is 6.55. The number of hydrogen-bond acceptors (Lipinski definition) is 2. The van der Waals surface area contributed by atoms with Gasteiger partial charge in [-0.2, -0.15) is 0 Å². The predicted octanol–water partition coefficient (Wildman–Crippen LogP) is 3.45. The lowest BCUT2D eigenvalue weighted by Gasteiger charge is -2.22. The van der Waals surface area contributed by atoms with Gasteiger partial charge in [0.2, 0.25) is 0 Å². The summed E-state index contributed by atoms with van der Waals surface area (Å²) in [5, 5.41) is 3.58. The average Bonchev–Trinajstić information content (AvgIpc) is 2.28. The molecule has 0 aromatic heterocycles. The van der Waals surface area contributed by atoms with Crippen LogP contribution in [0.25, 0.3) is 0 Å². The molecular formula is C15H26N2. The molecule has 1 aromatic carbocycles. The second kappa shape index (κ2) is 6.65. The predicted molar refractivity (Wildman–Crippen MR) is 76.6 cm³/mol. The number of rotatable bonds is 6. The highest BCUT2D eigenvalue weighted by Gasteiger charge is 2.12. The number of anilines is 1. The zero-order valence-electron chi connectivity index (χ0n) is 11.8. The molecule has 17 heavy (non-hydrogen) atoms. The Kier molecular flexibility index (Phi) is 5.49. The molecule has 0 aliphatic carbocycles. The molecule has 1 aromatic rings. The van der Waals surface area contributed by atoms with Crippen LogP contribution >= 0.6 is 0 Å². The summed E-state index contributed by atoms with van der Waals surface area (Å²) < 4.78 is 0. The minimum Gasteiger partial charge on any atom is -0.378 e. The van der Waals surface area contributed by atoms with Crippen molar-refractivity contribution in [3.63, 3.8) is 0 Å². The van der Waals surface area contributed by atoms with Gasteiger partial charge in [0.05, 0.1) is 0 Å². The van der Waals surface area contributed by atoms with Gasteiger partial charge in [-0.25, -0.2) is 0 Å². The molecule has 0 spiro atoms. The fourth-order valence-corrected chi connectivity index (χ4v) is 2.07. The molecule has 0 amide bonds. The van der Waals surface area contributed by atoms with Crippen molar-refractivity contribution in [2.45, 2.75) is 33.2 Å². The van der Waals surface area contributed by atoms with Crippen LogP contribution in [0.3, 0.4) is 0 Å². The normalized spacial score (nSPS) is 12.8. The molecule has 0 fully saturated rings. The summed E-state index contributed by atoms with van der Waals surface area (Å²) in [5.41, 5.74) is 2.67. The molecule has 1 atom stereocenters. The SMILES string of the molecule is CCNC(CC(C)C)c1cccc(N(C)C)c1. The zero-order valence-corrected chi connectivity index (χ0v) is 11.8. The Morgan fingerprint density at radius 1 is 1.24 bits per heavy atom. The molecule has 0 heterocycles. The highest BCUT2D eigenvalue weighted by molar-refractivity contribution is 5.47. The van der Waals surface area contributed by atoms with Crippen molar-refractivity contribution in [3.8, 4) is 0 Å². The van der Waals surface area contributed by atoms with Crippen LogP contribution in [0.15, 0.2) is 24.3 Å². The van der Waals surface area contributed by atoms with E-state index >= 15 is 0 Å². The van der Waals surface area contributed by atoms with Crippen LogP contribution in [-0.2, 0) is 0 Å². The molecule has 0 radical (unpaired) electrons. The van der Waals surface area contributed by atoms with E-state index in [9.17, 15) is 0 Å². The third-order valence-corrected chi connectivity index (χ3v) is 2.95. The third kappa shape index (κ3) is 4.39. The standard InChI is InChI=1S/C15H26N2/c1-6-16-15(10-12(2)3)13-8-7-9-14(11-13)17(4)5/h7-9,11-12,15-16H,6,10H2,1-5H3. The van der Waals surface area contributed by atoms with Crippen LogP contribution < -0.4 is 10.2 Å². The van der Waals surface area contributed by atoms with Crippen LogP contribution in [-0.4, -0.2) is 20.6 Å². The van der Waals surface area contributed by atoms with E-state index in [-0.39, 0.29) is 0 Å². The zero-order chi connectivity index (χ0) is 12.8. The Bertz CT molecular complexity index is 331. The van der Waals surface area contributed by atoms with E-state index in [0.717, 1.165) is 6.54 Å². The molecule has 0 aliphatic rings. The molecule has 2 nitrogen and oxygen atoms in total. The Labute approximate surface area is 106 Å². The maximum Gasteiger partial charge on any atom is 0.0364 e. The minimum atomic E-state index is 0.472. The van der Waals surface area contributed by atoms with Gasteiger partial charge < -0.3 is 10.2 Å². The Balaban J connectivity index is 2.88. The van der Waals surface area contributed by atoms with E-state index in [1.165, 1.54) is 17.7 Å². The Morgan fingerprint density at radius 2 is 1.94 bits per heavy atom. The maximum absolute atomic E-state index is 3.58. The third-order valence-electron chi connectivity index (χ3n) is 2.95. The van der Waals surface area contributed by atoms with Crippen LogP contribution in [0.5, 0.6) is 0 Å². The molecule has 96 valence electrons. The van der Waals surface area contributed by atoms with Crippen molar-refractivity contribution in [1.82, 2.24) is 5.32 Å². The molecule has 0 saturated carbocycles. The monoisotopic (exact) mass is 234 g/mol. The van der Waals surface area contributed by atoms with E-state index in [1.54, 1.807) is 0 Å². The van der Waals surface area contributed by atoms with Gasteiger partial charge in [0.25, 0.3) is 0 Å². The maximum atomic E-state index is 3.58. The van der Waals surface area contributed by atoms with Crippen molar-refractivity contribution >= 4 is 5.69 Å². The summed E-state index contributed by atoms with van der Waals surface area (Å²) in [5.74, 6) is 0.710. The molecule has 1 rings (SSSR count). The van der Waals surface area contributed by atoms with Gasteiger partial charge in [0.1, 0.15) is 0 Å². The average molecular weight is 234 g/mol. The first-order valence-electron chi connectivity index (χ1n) is 6.55. The first-order chi connectivity index (χ1) is 8.04. The lowest BCUT2D eigenvalue weighted by Crippen LogP contribution is -2.22. The molecule has 0 saturated heterocycles. The van der Waals surface area contributed by atoms with Crippen LogP contribution in [0, 0.1) is 5.92 Å². The van der Waals surface area contributed by atoms with Crippen molar-refractivity contribution in [2.75, 3.05) is 25.5 Å². The van der Waals surface area contributed by atoms with Crippen molar-refractivity contribution in [3.05, 3.63) is 29.8 Å². The minimum absolute atomic E-state index is 0.472. The summed E-state index contributed by atoms with van der Waals surface area (Å²) >= 11 is 0. The van der Waals surface area contributed by atoms with Crippen LogP contribution in [0.1, 0.15) is 38.8 Å². The van der Waals surface area contributed by atoms with Gasteiger partial charge in [-0.1, -0.05) is 32.9 Å². The summed E-state index contributed by atoms with van der Waals surface area (Å²) in [7, 11) is 4.17. The fourth-order valence-electron chi connectivity index (χ4n) is 2.07. The lowest BCUT2D eigenvalue weighted by molar-refractivity contribution is 0.438. The summed E-state index contributed by atoms with van der Waals surface area (Å²) in [6.07, 6.45) is 1.19. The van der Waals surface area contributed by atoms with E-state index in [1.807, 2.05) is 0 Å². The summed E-state index contributed by atoms with van der Waals surface area (Å²) in [4.78, 5) is 2.15. The van der Waals surface area contributed by atoms with Crippen molar-refractivity contribution in [2.24, 2.45) is 5.92 Å². The number of hydrogen-bond donors (Lipinski definition) is 1. The van der Waals surface area contributed by atoms with E-state index in [4.69, 9.17) is 0 Å². The largest absolute Gasteiger partial charge is 0.378 e. The lowest BCUT2D eigenvalue weighted by atomic mass is 9.96. The smallest absolute Gasteiger partial charge is 0.0364 e. The van der Waals surface area contributed by atoms with Crippen LogP contribution in [0.2, 0.25) is 0 Å². The van der Waals surface area contributed by atoms with Gasteiger partial charge in [-0.3, -0.25) is 0 Å². The molecule has 1 unspecified atom stereocenters. The van der Waals surface area contributed by atoms with Gasteiger partial charge >= 0.3 is 0 Å². The molecular weight excluding hydrogens is 208 g/mol. The number of benzene rings is 1. The molecule has 0 bridgehead atoms. The van der Waals surface area contributed by atoms with E-state index in [0.29, 0.717) is 12.0 Å². The summed E-state index contributed by atoms with van der Waals surface area (Å²) in [6, 6.07) is 9.29. The molecule has 1 N–H and O–H groups in total.